The van der Waals surface area contributed by atoms with E-state index in [2.05, 4.69) is 5.32 Å². The number of rotatable bonds is 5. The Morgan fingerprint density at radius 1 is 1.56 bits per heavy atom. The smallest absolute Gasteiger partial charge is 0.255 e. The molecule has 88 valence electrons. The van der Waals surface area contributed by atoms with Gasteiger partial charge in [-0.05, 0) is 19.1 Å². The van der Waals surface area contributed by atoms with Crippen molar-refractivity contribution in [1.29, 1.82) is 0 Å². The zero-order valence-electron chi connectivity index (χ0n) is 9.19. The molecule has 0 aliphatic carbocycles. The van der Waals surface area contributed by atoms with Crippen molar-refractivity contribution >= 4 is 11.6 Å². The van der Waals surface area contributed by atoms with E-state index >= 15 is 0 Å². The molecule has 1 amide bonds. The molecule has 0 aliphatic rings. The number of phenols is 1. The molecule has 1 aromatic carbocycles. The van der Waals surface area contributed by atoms with E-state index in [1.54, 1.807) is 6.07 Å². The monoisotopic (exact) mass is 224 g/mol. The van der Waals surface area contributed by atoms with Gasteiger partial charge in [-0.15, -0.1) is 0 Å². The van der Waals surface area contributed by atoms with Crippen molar-refractivity contribution in [2.45, 2.75) is 6.92 Å². The van der Waals surface area contributed by atoms with Gasteiger partial charge in [0.05, 0.1) is 17.9 Å². The fourth-order valence-electron chi connectivity index (χ4n) is 1.22. The maximum absolute atomic E-state index is 11.6. The van der Waals surface area contributed by atoms with E-state index in [9.17, 15) is 9.90 Å². The molecule has 1 rings (SSSR count). The quantitative estimate of drug-likeness (QED) is 0.391. The largest absolute Gasteiger partial charge is 0.505 e. The fourth-order valence-corrected chi connectivity index (χ4v) is 1.22. The van der Waals surface area contributed by atoms with Gasteiger partial charge in [-0.25, -0.2) is 0 Å². The highest BCUT2D eigenvalue weighted by atomic mass is 16.5. The molecule has 0 atom stereocenters. The third-order valence-corrected chi connectivity index (χ3v) is 2.05. The Morgan fingerprint density at radius 3 is 3.00 bits per heavy atom. The topological polar surface area (TPSA) is 84.6 Å². The summed E-state index contributed by atoms with van der Waals surface area (Å²) in [6.45, 7) is 3.34. The molecule has 5 heteroatoms. The van der Waals surface area contributed by atoms with Crippen molar-refractivity contribution in [3.05, 3.63) is 23.8 Å². The zero-order chi connectivity index (χ0) is 12.0. The Balaban J connectivity index is 2.56. The maximum atomic E-state index is 11.6. The van der Waals surface area contributed by atoms with Crippen LogP contribution in [0.25, 0.3) is 0 Å². The van der Waals surface area contributed by atoms with Gasteiger partial charge in [0.2, 0.25) is 0 Å². The predicted molar refractivity (Wildman–Crippen MR) is 61.3 cm³/mol. The summed E-state index contributed by atoms with van der Waals surface area (Å²) in [5, 5.41) is 12.2. The van der Waals surface area contributed by atoms with E-state index in [0.29, 0.717) is 19.8 Å². The van der Waals surface area contributed by atoms with Crippen LogP contribution in [0.15, 0.2) is 18.2 Å². The fraction of sp³-hybridized carbons (Fsp3) is 0.364. The van der Waals surface area contributed by atoms with E-state index in [4.69, 9.17) is 10.5 Å². The van der Waals surface area contributed by atoms with Crippen molar-refractivity contribution in [3.63, 3.8) is 0 Å². The second kappa shape index (κ2) is 5.97. The van der Waals surface area contributed by atoms with Gasteiger partial charge in [0, 0.05) is 13.2 Å². The van der Waals surface area contributed by atoms with Gasteiger partial charge in [-0.2, -0.15) is 0 Å². The first-order chi connectivity index (χ1) is 7.66. The van der Waals surface area contributed by atoms with Crippen LogP contribution in [0.4, 0.5) is 5.69 Å². The van der Waals surface area contributed by atoms with E-state index in [1.807, 2.05) is 6.92 Å². The number of nitrogens with one attached hydrogen (secondary N) is 1. The molecule has 0 saturated heterocycles. The van der Waals surface area contributed by atoms with Gasteiger partial charge >= 0.3 is 0 Å². The molecule has 0 saturated carbocycles. The van der Waals surface area contributed by atoms with Crippen molar-refractivity contribution < 1.29 is 14.6 Å². The molecule has 0 unspecified atom stereocenters. The molecule has 0 heterocycles. The molecule has 0 radical (unpaired) electrons. The third kappa shape index (κ3) is 3.13. The molecule has 1 aromatic rings. The lowest BCUT2D eigenvalue weighted by atomic mass is 10.1. The number of carbonyl (C=O) groups is 1. The number of para-hydroxylation sites is 1. The minimum atomic E-state index is -0.357. The van der Waals surface area contributed by atoms with E-state index in [0.717, 1.165) is 0 Å². The molecule has 5 nitrogen and oxygen atoms in total. The predicted octanol–water partition coefficient (Wildman–Crippen LogP) is 0.741. The van der Waals surface area contributed by atoms with Crippen molar-refractivity contribution in [3.8, 4) is 5.75 Å². The zero-order valence-corrected chi connectivity index (χ0v) is 9.19. The summed E-state index contributed by atoms with van der Waals surface area (Å²) in [6, 6.07) is 4.67. The molecule has 4 N–H and O–H groups in total. The number of ether oxygens (including phenoxy) is 1. The Morgan fingerprint density at radius 2 is 2.31 bits per heavy atom. The van der Waals surface area contributed by atoms with Gasteiger partial charge in [0.15, 0.2) is 5.75 Å². The normalized spacial score (nSPS) is 10.1. The second-order valence-corrected chi connectivity index (χ2v) is 3.20. The van der Waals surface area contributed by atoms with Crippen LogP contribution in [0.5, 0.6) is 5.75 Å². The first-order valence-electron chi connectivity index (χ1n) is 5.10. The van der Waals surface area contributed by atoms with Crippen molar-refractivity contribution in [2.75, 3.05) is 25.5 Å². The minimum absolute atomic E-state index is 0.177. The van der Waals surface area contributed by atoms with Crippen LogP contribution in [-0.2, 0) is 4.74 Å². The standard InChI is InChI=1S/C11H16N2O3/c1-2-16-7-6-13-11(15)8-4-3-5-9(12)10(8)14/h3-5,14H,2,6-7,12H2,1H3,(H,13,15). The van der Waals surface area contributed by atoms with Crippen LogP contribution >= 0.6 is 0 Å². The minimum Gasteiger partial charge on any atom is -0.505 e. The Hall–Kier alpha value is -1.75. The molecule has 0 aromatic heterocycles. The Labute approximate surface area is 94.2 Å². The number of aromatic hydroxyl groups is 1. The van der Waals surface area contributed by atoms with Gasteiger partial charge in [0.1, 0.15) is 0 Å². The number of phenolic OH excluding ortho intramolecular Hbond substituents is 1. The first-order valence-corrected chi connectivity index (χ1v) is 5.10. The lowest BCUT2D eigenvalue weighted by Crippen LogP contribution is -2.27. The van der Waals surface area contributed by atoms with Crippen LogP contribution < -0.4 is 11.1 Å². The summed E-state index contributed by atoms with van der Waals surface area (Å²) in [5.41, 5.74) is 5.85. The van der Waals surface area contributed by atoms with Crippen LogP contribution in [0.2, 0.25) is 0 Å². The summed E-state index contributed by atoms with van der Waals surface area (Å²) in [7, 11) is 0. The molecular formula is C11H16N2O3. The van der Waals surface area contributed by atoms with Gasteiger partial charge < -0.3 is 20.9 Å². The third-order valence-electron chi connectivity index (χ3n) is 2.05. The van der Waals surface area contributed by atoms with E-state index in [1.165, 1.54) is 12.1 Å². The molecular weight excluding hydrogens is 208 g/mol. The average molecular weight is 224 g/mol. The summed E-state index contributed by atoms with van der Waals surface area (Å²) < 4.78 is 5.07. The number of hydrogen-bond donors (Lipinski definition) is 3. The number of benzene rings is 1. The molecule has 16 heavy (non-hydrogen) atoms. The molecule has 0 aliphatic heterocycles. The number of nitrogen functional groups attached to an aromatic ring is 1. The van der Waals surface area contributed by atoms with Gasteiger partial charge in [-0.1, -0.05) is 6.07 Å². The summed E-state index contributed by atoms with van der Waals surface area (Å²) in [5.74, 6) is -0.541. The van der Waals surface area contributed by atoms with Crippen molar-refractivity contribution in [1.82, 2.24) is 5.32 Å². The number of nitrogens with two attached hydrogens (primary N) is 1. The second-order valence-electron chi connectivity index (χ2n) is 3.20. The molecule has 0 bridgehead atoms. The van der Waals surface area contributed by atoms with Gasteiger partial charge in [0.25, 0.3) is 5.91 Å². The Kier molecular flexibility index (Phi) is 4.60. The summed E-state index contributed by atoms with van der Waals surface area (Å²) in [6.07, 6.45) is 0. The number of amides is 1. The highest BCUT2D eigenvalue weighted by Gasteiger charge is 2.11. The highest BCUT2D eigenvalue weighted by molar-refractivity contribution is 5.98. The molecule has 0 fully saturated rings. The lowest BCUT2D eigenvalue weighted by molar-refractivity contribution is 0.0920. The number of hydrogen-bond acceptors (Lipinski definition) is 4. The van der Waals surface area contributed by atoms with Crippen LogP contribution in [0, 0.1) is 0 Å². The van der Waals surface area contributed by atoms with Crippen LogP contribution in [0.1, 0.15) is 17.3 Å². The number of carbonyl (C=O) groups excluding carboxylic acids is 1. The first kappa shape index (κ1) is 12.3. The van der Waals surface area contributed by atoms with Crippen molar-refractivity contribution in [2.24, 2.45) is 0 Å². The lowest BCUT2D eigenvalue weighted by Gasteiger charge is -2.07. The van der Waals surface area contributed by atoms with Crippen LogP contribution in [0.3, 0.4) is 0 Å². The van der Waals surface area contributed by atoms with E-state index in [-0.39, 0.29) is 22.9 Å². The SMILES string of the molecule is CCOCCNC(=O)c1cccc(N)c1O. The van der Waals surface area contributed by atoms with Crippen LogP contribution in [-0.4, -0.2) is 30.8 Å². The highest BCUT2D eigenvalue weighted by Crippen LogP contribution is 2.23. The Bertz CT molecular complexity index is 366. The molecule has 0 spiro atoms. The summed E-state index contributed by atoms with van der Waals surface area (Å²) in [4.78, 5) is 11.6. The van der Waals surface area contributed by atoms with E-state index < -0.39 is 0 Å². The maximum Gasteiger partial charge on any atom is 0.255 e. The number of anilines is 1. The summed E-state index contributed by atoms with van der Waals surface area (Å²) >= 11 is 0. The average Bonchev–Trinajstić information content (AvgIpc) is 2.28. The van der Waals surface area contributed by atoms with Gasteiger partial charge in [-0.3, -0.25) is 4.79 Å².